The number of nitrogens with one attached hydrogen (secondary N) is 1. The molecule has 0 aromatic heterocycles. The van der Waals surface area contributed by atoms with Crippen molar-refractivity contribution in [1.29, 1.82) is 0 Å². The number of ketones is 2. The molecule has 0 heterocycles. The number of carbonyl (C=O) groups excluding carboxylic acids is 3. The van der Waals surface area contributed by atoms with Crippen LogP contribution in [0.5, 0.6) is 0 Å². The first-order chi connectivity index (χ1) is 13.6. The Balaban J connectivity index is 1.86. The highest BCUT2D eigenvalue weighted by molar-refractivity contribution is 6.18. The van der Waals surface area contributed by atoms with E-state index < -0.39 is 23.0 Å². The lowest BCUT2D eigenvalue weighted by molar-refractivity contribution is 0.0459. The number of rotatable bonds is 4. The van der Waals surface area contributed by atoms with Gasteiger partial charge in [0.25, 0.3) is 0 Å². The Bertz CT molecular complexity index is 892. The number of alkyl carbamates (subject to hydrolysis) is 1. The number of fused-ring (bicyclic) bond motifs is 2. The van der Waals surface area contributed by atoms with Crippen LogP contribution >= 0.6 is 0 Å². The van der Waals surface area contributed by atoms with Gasteiger partial charge in [-0.2, -0.15) is 0 Å². The topological polar surface area (TPSA) is 72.5 Å². The van der Waals surface area contributed by atoms with Crippen LogP contribution in [-0.2, 0) is 4.74 Å². The van der Waals surface area contributed by atoms with Crippen molar-refractivity contribution in [2.24, 2.45) is 17.3 Å². The van der Waals surface area contributed by atoms with Crippen LogP contribution in [0, 0.1) is 17.3 Å². The summed E-state index contributed by atoms with van der Waals surface area (Å²) in [5, 5.41) is 2.77. The molecule has 3 atom stereocenters. The molecule has 5 nitrogen and oxygen atoms in total. The number of amides is 1. The Morgan fingerprint density at radius 1 is 1.28 bits per heavy atom. The Kier molecular flexibility index (Phi) is 5.52. The molecule has 154 valence electrons. The van der Waals surface area contributed by atoms with E-state index in [4.69, 9.17) is 4.74 Å². The first-order valence-electron chi connectivity index (χ1n) is 10.1. The van der Waals surface area contributed by atoms with Gasteiger partial charge in [-0.25, -0.2) is 4.79 Å². The van der Waals surface area contributed by atoms with E-state index in [1.807, 2.05) is 33.8 Å². The number of carbonyl (C=O) groups is 3. The zero-order valence-electron chi connectivity index (χ0n) is 17.6. The third-order valence-electron chi connectivity index (χ3n) is 5.88. The molecule has 1 N–H and O–H groups in total. The second-order valence-electron chi connectivity index (χ2n) is 9.07. The number of hydrogen-bond acceptors (Lipinski definition) is 4. The van der Waals surface area contributed by atoms with E-state index >= 15 is 0 Å². The standard InChI is InChI=1S/C24H29NO4/c1-6-15-11-13-24(5)19(16(15)12-14-25-22(28)29-23(2,3)4)20(26)17-9-7-8-10-18(17)21(24)27/h6-11,16,19H,1,12-14H2,2-5H3,(H,25,28)/t16-,19+,24+/m1/s1. The molecule has 1 aromatic carbocycles. The van der Waals surface area contributed by atoms with E-state index in [1.165, 1.54) is 0 Å². The third-order valence-corrected chi connectivity index (χ3v) is 5.88. The van der Waals surface area contributed by atoms with Crippen LogP contribution in [0.1, 0.15) is 61.3 Å². The van der Waals surface area contributed by atoms with Crippen LogP contribution in [0.25, 0.3) is 0 Å². The lowest BCUT2D eigenvalue weighted by Gasteiger charge is -2.46. The second kappa shape index (κ2) is 7.62. The molecule has 5 heteroatoms. The van der Waals surface area contributed by atoms with Gasteiger partial charge < -0.3 is 10.1 Å². The van der Waals surface area contributed by atoms with Gasteiger partial charge >= 0.3 is 6.09 Å². The maximum Gasteiger partial charge on any atom is 0.407 e. The van der Waals surface area contributed by atoms with Crippen LogP contribution in [0.4, 0.5) is 4.79 Å². The Hall–Kier alpha value is -2.69. The lowest BCUT2D eigenvalue weighted by Crippen LogP contribution is -2.51. The molecule has 2 aliphatic carbocycles. The minimum absolute atomic E-state index is 0.00239. The van der Waals surface area contributed by atoms with Gasteiger partial charge in [0.2, 0.25) is 0 Å². The molecule has 0 saturated heterocycles. The summed E-state index contributed by atoms with van der Waals surface area (Å²) in [5.41, 5.74) is 0.607. The summed E-state index contributed by atoms with van der Waals surface area (Å²) in [5.74, 6) is -0.645. The van der Waals surface area contributed by atoms with E-state index in [-0.39, 0.29) is 17.5 Å². The van der Waals surface area contributed by atoms with Crippen molar-refractivity contribution in [3.63, 3.8) is 0 Å². The fourth-order valence-electron chi connectivity index (χ4n) is 4.53. The minimum atomic E-state index is -0.783. The van der Waals surface area contributed by atoms with Gasteiger partial charge in [-0.3, -0.25) is 9.59 Å². The summed E-state index contributed by atoms with van der Waals surface area (Å²) in [7, 11) is 0. The van der Waals surface area contributed by atoms with Gasteiger partial charge in [-0.1, -0.05) is 49.9 Å². The van der Waals surface area contributed by atoms with Crippen molar-refractivity contribution in [3.05, 3.63) is 59.7 Å². The van der Waals surface area contributed by atoms with Crippen LogP contribution in [0.2, 0.25) is 0 Å². The normalized spacial score (nSPS) is 26.1. The summed E-state index contributed by atoms with van der Waals surface area (Å²) in [6.45, 7) is 11.6. The van der Waals surface area contributed by atoms with Gasteiger partial charge in [0.1, 0.15) is 5.60 Å². The van der Waals surface area contributed by atoms with Crippen LogP contribution in [0.15, 0.2) is 48.6 Å². The summed E-state index contributed by atoms with van der Waals surface area (Å²) in [6.07, 6.45) is 4.32. The van der Waals surface area contributed by atoms with Crippen LogP contribution < -0.4 is 5.32 Å². The number of Topliss-reactive ketones (excluding diaryl/α,β-unsaturated/α-hetero) is 2. The summed E-state index contributed by atoms with van der Waals surface area (Å²) in [4.78, 5) is 38.7. The Labute approximate surface area is 172 Å². The number of benzene rings is 1. The Morgan fingerprint density at radius 3 is 2.55 bits per heavy atom. The highest BCUT2D eigenvalue weighted by Gasteiger charge is 2.54. The smallest absolute Gasteiger partial charge is 0.407 e. The van der Waals surface area contributed by atoms with Gasteiger partial charge in [0.05, 0.1) is 0 Å². The zero-order valence-corrected chi connectivity index (χ0v) is 17.6. The molecular formula is C24H29NO4. The zero-order chi connectivity index (χ0) is 21.4. The van der Waals surface area contributed by atoms with Crippen molar-refractivity contribution in [2.45, 2.75) is 46.1 Å². The molecule has 0 fully saturated rings. The molecule has 0 bridgehead atoms. The lowest BCUT2D eigenvalue weighted by atomic mass is 9.54. The van der Waals surface area contributed by atoms with Gasteiger partial charge in [0, 0.05) is 29.0 Å². The molecule has 1 aromatic rings. The number of ether oxygens (including phenoxy) is 1. The minimum Gasteiger partial charge on any atom is -0.444 e. The number of hydrogen-bond donors (Lipinski definition) is 1. The van der Waals surface area contributed by atoms with E-state index in [2.05, 4.69) is 11.9 Å². The molecule has 0 spiro atoms. The molecule has 2 aliphatic rings. The predicted molar refractivity (Wildman–Crippen MR) is 112 cm³/mol. The van der Waals surface area contributed by atoms with E-state index in [0.717, 1.165) is 5.57 Å². The molecular weight excluding hydrogens is 366 g/mol. The first-order valence-corrected chi connectivity index (χ1v) is 10.1. The first kappa shape index (κ1) is 21.0. The average Bonchev–Trinajstić information content (AvgIpc) is 2.65. The maximum absolute atomic E-state index is 13.4. The second-order valence-corrected chi connectivity index (χ2v) is 9.07. The van der Waals surface area contributed by atoms with Crippen molar-refractivity contribution in [1.82, 2.24) is 5.32 Å². The van der Waals surface area contributed by atoms with E-state index in [0.29, 0.717) is 30.5 Å². The monoisotopic (exact) mass is 395 g/mol. The molecule has 3 rings (SSSR count). The molecule has 29 heavy (non-hydrogen) atoms. The van der Waals surface area contributed by atoms with Crippen LogP contribution in [-0.4, -0.2) is 29.8 Å². The summed E-state index contributed by atoms with van der Waals surface area (Å²) in [6, 6.07) is 7.06. The molecule has 0 aliphatic heterocycles. The van der Waals surface area contributed by atoms with E-state index in [1.54, 1.807) is 30.3 Å². The van der Waals surface area contributed by atoms with E-state index in [9.17, 15) is 14.4 Å². The van der Waals surface area contributed by atoms with Crippen molar-refractivity contribution in [2.75, 3.05) is 6.54 Å². The largest absolute Gasteiger partial charge is 0.444 e. The summed E-state index contributed by atoms with van der Waals surface area (Å²) < 4.78 is 5.29. The molecule has 0 unspecified atom stereocenters. The highest BCUT2D eigenvalue weighted by Crippen LogP contribution is 2.51. The fourth-order valence-corrected chi connectivity index (χ4v) is 4.53. The maximum atomic E-state index is 13.4. The van der Waals surface area contributed by atoms with Gasteiger partial charge in [0.15, 0.2) is 11.6 Å². The average molecular weight is 395 g/mol. The predicted octanol–water partition coefficient (Wildman–Crippen LogP) is 4.74. The third kappa shape index (κ3) is 3.91. The van der Waals surface area contributed by atoms with Crippen LogP contribution in [0.3, 0.4) is 0 Å². The van der Waals surface area contributed by atoms with Gasteiger partial charge in [-0.05, 0) is 45.1 Å². The molecule has 0 radical (unpaired) electrons. The van der Waals surface area contributed by atoms with Crippen molar-refractivity contribution >= 4 is 17.7 Å². The molecule has 1 amide bonds. The summed E-state index contributed by atoms with van der Waals surface area (Å²) >= 11 is 0. The fraction of sp³-hybridized carbons (Fsp3) is 0.458. The van der Waals surface area contributed by atoms with Crippen molar-refractivity contribution < 1.29 is 19.1 Å². The van der Waals surface area contributed by atoms with Gasteiger partial charge in [-0.15, -0.1) is 0 Å². The van der Waals surface area contributed by atoms with Crippen molar-refractivity contribution in [3.8, 4) is 0 Å². The quantitative estimate of drug-likeness (QED) is 0.799. The number of allylic oxidation sites excluding steroid dienone is 3. The highest BCUT2D eigenvalue weighted by atomic mass is 16.6. The SMILES string of the molecule is C=CC1=CC[C@]2(C)C(=O)c3ccccc3C(=O)[C@@H]2[C@@H]1CCNC(=O)OC(C)(C)C. The molecule has 0 saturated carbocycles. The Morgan fingerprint density at radius 2 is 1.93 bits per heavy atom.